The van der Waals surface area contributed by atoms with Gasteiger partial charge in [0.25, 0.3) is 5.91 Å². The maximum Gasteiger partial charge on any atom is 0.418 e. The molecule has 0 aliphatic carbocycles. The van der Waals surface area contributed by atoms with Crippen LogP contribution >= 0.6 is 0 Å². The van der Waals surface area contributed by atoms with Crippen molar-refractivity contribution in [3.63, 3.8) is 0 Å². The van der Waals surface area contributed by atoms with E-state index in [-0.39, 0.29) is 11.4 Å². The monoisotopic (exact) mass is 388 g/mol. The van der Waals surface area contributed by atoms with Gasteiger partial charge in [-0.1, -0.05) is 23.4 Å². The van der Waals surface area contributed by atoms with Crippen molar-refractivity contribution >= 4 is 11.6 Å². The second kappa shape index (κ2) is 7.46. The molecule has 1 amide bonds. The summed E-state index contributed by atoms with van der Waals surface area (Å²) in [5.41, 5.74) is 1.65. The molecule has 3 aromatic rings. The molecule has 0 saturated carbocycles. The number of rotatable bonds is 4. The molecule has 5 nitrogen and oxygen atoms in total. The van der Waals surface area contributed by atoms with Gasteiger partial charge in [-0.2, -0.15) is 13.2 Å². The van der Waals surface area contributed by atoms with Crippen LogP contribution in [0.2, 0.25) is 0 Å². The van der Waals surface area contributed by atoms with Crippen LogP contribution in [0.4, 0.5) is 18.9 Å². The Balaban J connectivity index is 1.97. The van der Waals surface area contributed by atoms with Gasteiger partial charge < -0.3 is 4.90 Å². The van der Waals surface area contributed by atoms with E-state index in [0.29, 0.717) is 12.2 Å². The number of hydrogen-bond acceptors (Lipinski definition) is 3. The van der Waals surface area contributed by atoms with Crippen molar-refractivity contribution in [1.29, 1.82) is 0 Å². The normalized spacial score (nSPS) is 11.5. The van der Waals surface area contributed by atoms with Crippen molar-refractivity contribution in [2.75, 3.05) is 11.4 Å². The Kier molecular flexibility index (Phi) is 5.22. The van der Waals surface area contributed by atoms with Crippen LogP contribution in [-0.2, 0) is 6.18 Å². The van der Waals surface area contributed by atoms with E-state index >= 15 is 0 Å². The summed E-state index contributed by atoms with van der Waals surface area (Å²) in [4.78, 5) is 14.4. The van der Waals surface area contributed by atoms with Crippen LogP contribution in [-0.4, -0.2) is 27.4 Å². The van der Waals surface area contributed by atoms with Crippen molar-refractivity contribution in [3.8, 4) is 5.69 Å². The quantitative estimate of drug-likeness (QED) is 0.658. The van der Waals surface area contributed by atoms with Crippen LogP contribution in [0.5, 0.6) is 0 Å². The van der Waals surface area contributed by atoms with Crippen LogP contribution in [0.3, 0.4) is 0 Å². The molecule has 0 radical (unpaired) electrons. The minimum Gasteiger partial charge on any atom is -0.307 e. The number of carbonyl (C=O) groups is 1. The van der Waals surface area contributed by atoms with E-state index < -0.39 is 17.6 Å². The zero-order valence-corrected chi connectivity index (χ0v) is 15.7. The first kappa shape index (κ1) is 19.6. The highest BCUT2D eigenvalue weighted by molar-refractivity contribution is 6.04. The van der Waals surface area contributed by atoms with Crippen LogP contribution < -0.4 is 4.90 Å². The average molecular weight is 388 g/mol. The lowest BCUT2D eigenvalue weighted by Crippen LogP contribution is -2.31. The highest BCUT2D eigenvalue weighted by atomic mass is 19.4. The fraction of sp³-hybridized carbons (Fsp3) is 0.250. The number of aryl methyl sites for hydroxylation is 2. The van der Waals surface area contributed by atoms with Crippen LogP contribution in [0.1, 0.15) is 34.1 Å². The Hall–Kier alpha value is -3.16. The first-order chi connectivity index (χ1) is 13.2. The van der Waals surface area contributed by atoms with E-state index in [1.807, 2.05) is 39.0 Å². The third-order valence-corrected chi connectivity index (χ3v) is 4.25. The van der Waals surface area contributed by atoms with E-state index in [1.54, 1.807) is 0 Å². The molecule has 3 rings (SSSR count). The van der Waals surface area contributed by atoms with Gasteiger partial charge in [0.2, 0.25) is 0 Å². The fourth-order valence-electron chi connectivity index (χ4n) is 3.08. The van der Waals surface area contributed by atoms with Gasteiger partial charge in [-0.15, -0.1) is 5.10 Å². The third-order valence-electron chi connectivity index (χ3n) is 4.25. The molecule has 0 atom stereocenters. The minimum atomic E-state index is -4.54. The summed E-state index contributed by atoms with van der Waals surface area (Å²) in [6.07, 6.45) is -3.32. The SMILES string of the molecule is CCN(C(=O)c1cn(-c2ccccc2C(F)(F)F)nn1)c1cc(C)cc(C)c1. The van der Waals surface area contributed by atoms with E-state index in [0.717, 1.165) is 21.9 Å². The summed E-state index contributed by atoms with van der Waals surface area (Å²) < 4.78 is 40.7. The number of anilines is 1. The van der Waals surface area contributed by atoms with Gasteiger partial charge in [0.15, 0.2) is 5.69 Å². The van der Waals surface area contributed by atoms with E-state index in [1.165, 1.54) is 29.3 Å². The number of halogens is 3. The number of nitrogens with zero attached hydrogens (tertiary/aromatic N) is 4. The first-order valence-electron chi connectivity index (χ1n) is 8.70. The van der Waals surface area contributed by atoms with Gasteiger partial charge in [-0.05, 0) is 56.2 Å². The second-order valence-electron chi connectivity index (χ2n) is 6.46. The average Bonchev–Trinajstić information content (AvgIpc) is 3.11. The highest BCUT2D eigenvalue weighted by Crippen LogP contribution is 2.33. The Morgan fingerprint density at radius 2 is 1.75 bits per heavy atom. The zero-order chi connectivity index (χ0) is 20.5. The predicted octanol–water partition coefficient (Wildman–Crippen LogP) is 4.57. The molecule has 0 aliphatic heterocycles. The maximum absolute atomic E-state index is 13.2. The maximum atomic E-state index is 13.2. The van der Waals surface area contributed by atoms with Crippen LogP contribution in [0.15, 0.2) is 48.7 Å². The van der Waals surface area contributed by atoms with E-state index in [2.05, 4.69) is 10.3 Å². The number of para-hydroxylation sites is 1. The molecule has 146 valence electrons. The molecule has 0 fully saturated rings. The van der Waals surface area contributed by atoms with Gasteiger partial charge in [0.1, 0.15) is 0 Å². The fourth-order valence-corrected chi connectivity index (χ4v) is 3.08. The molecule has 0 aliphatic rings. The molecule has 1 aromatic heterocycles. The Bertz CT molecular complexity index is 990. The minimum absolute atomic E-state index is 0.0296. The van der Waals surface area contributed by atoms with Gasteiger partial charge in [-0.3, -0.25) is 4.79 Å². The zero-order valence-electron chi connectivity index (χ0n) is 15.7. The predicted molar refractivity (Wildman–Crippen MR) is 99.6 cm³/mol. The third kappa shape index (κ3) is 3.90. The highest BCUT2D eigenvalue weighted by Gasteiger charge is 2.34. The summed E-state index contributed by atoms with van der Waals surface area (Å²) in [5.74, 6) is -0.428. The molecule has 0 bridgehead atoms. The first-order valence-corrected chi connectivity index (χ1v) is 8.70. The van der Waals surface area contributed by atoms with Gasteiger partial charge >= 0.3 is 6.18 Å². The smallest absolute Gasteiger partial charge is 0.307 e. The molecular weight excluding hydrogens is 369 g/mol. The Morgan fingerprint density at radius 3 is 2.36 bits per heavy atom. The number of amides is 1. The molecule has 0 spiro atoms. The lowest BCUT2D eigenvalue weighted by Gasteiger charge is -2.21. The number of alkyl halides is 3. The van der Waals surface area contributed by atoms with Crippen molar-refractivity contribution in [2.45, 2.75) is 26.9 Å². The summed E-state index contributed by atoms with van der Waals surface area (Å²) in [6.45, 7) is 6.06. The summed E-state index contributed by atoms with van der Waals surface area (Å²) in [7, 11) is 0. The Morgan fingerprint density at radius 1 is 1.11 bits per heavy atom. The van der Waals surface area contributed by atoms with E-state index in [4.69, 9.17) is 0 Å². The molecule has 1 heterocycles. The van der Waals surface area contributed by atoms with Crippen molar-refractivity contribution in [2.24, 2.45) is 0 Å². The summed E-state index contributed by atoms with van der Waals surface area (Å²) in [6, 6.07) is 10.8. The molecule has 0 saturated heterocycles. The second-order valence-corrected chi connectivity index (χ2v) is 6.46. The van der Waals surface area contributed by atoms with Gasteiger partial charge in [0.05, 0.1) is 17.4 Å². The molecule has 2 aromatic carbocycles. The number of hydrogen-bond donors (Lipinski definition) is 0. The number of carbonyl (C=O) groups excluding carboxylic acids is 1. The molecule has 8 heteroatoms. The Labute approximate surface area is 160 Å². The van der Waals surface area contributed by atoms with Gasteiger partial charge in [0, 0.05) is 12.2 Å². The lowest BCUT2D eigenvalue weighted by atomic mass is 10.1. The van der Waals surface area contributed by atoms with Crippen LogP contribution in [0.25, 0.3) is 5.69 Å². The topological polar surface area (TPSA) is 51.0 Å². The van der Waals surface area contributed by atoms with E-state index in [9.17, 15) is 18.0 Å². The molecule has 0 unspecified atom stereocenters. The van der Waals surface area contributed by atoms with Crippen molar-refractivity contribution < 1.29 is 18.0 Å². The standard InChI is InChI=1S/C20H19F3N4O/c1-4-26(15-10-13(2)9-14(3)11-15)19(28)17-12-27(25-24-17)18-8-6-5-7-16(18)20(21,22)23/h5-12H,4H2,1-3H3. The number of benzene rings is 2. The molecule has 28 heavy (non-hydrogen) atoms. The lowest BCUT2D eigenvalue weighted by molar-refractivity contribution is -0.137. The largest absolute Gasteiger partial charge is 0.418 e. The molecule has 0 N–H and O–H groups in total. The number of aromatic nitrogens is 3. The summed E-state index contributed by atoms with van der Waals surface area (Å²) >= 11 is 0. The van der Waals surface area contributed by atoms with Crippen molar-refractivity contribution in [3.05, 3.63) is 71.0 Å². The summed E-state index contributed by atoms with van der Waals surface area (Å²) in [5, 5.41) is 7.56. The van der Waals surface area contributed by atoms with Crippen LogP contribution in [0, 0.1) is 13.8 Å². The van der Waals surface area contributed by atoms with Crippen molar-refractivity contribution in [1.82, 2.24) is 15.0 Å². The van der Waals surface area contributed by atoms with Gasteiger partial charge in [-0.25, -0.2) is 4.68 Å². The molecular formula is C20H19F3N4O.